The second-order valence-electron chi connectivity index (χ2n) is 5.52. The fourth-order valence-electron chi connectivity index (χ4n) is 3.06. The summed E-state index contributed by atoms with van der Waals surface area (Å²) in [6, 6.07) is 0. The Morgan fingerprint density at radius 1 is 1.60 bits per heavy atom. The highest BCUT2D eigenvalue weighted by Gasteiger charge is 2.44. The Morgan fingerprint density at radius 3 is 3.00 bits per heavy atom. The van der Waals surface area contributed by atoms with Crippen molar-refractivity contribution in [3.8, 4) is 0 Å². The molecular weight excluding hydrogens is 188 g/mol. The van der Waals surface area contributed by atoms with Crippen LogP contribution >= 0.6 is 0 Å². The number of carbonyl (C=O) groups excluding carboxylic acids is 1. The summed E-state index contributed by atoms with van der Waals surface area (Å²) in [4.78, 5) is 11.7. The lowest BCUT2D eigenvalue weighted by atomic mass is 9.86. The molecule has 0 aliphatic heterocycles. The van der Waals surface area contributed by atoms with E-state index in [1.54, 1.807) is 0 Å². The Kier molecular flexibility index (Phi) is 2.61. The Balaban J connectivity index is 2.06. The van der Waals surface area contributed by atoms with Crippen LogP contribution in [0.15, 0.2) is 11.6 Å². The Bertz CT molecular complexity index is 302. The van der Waals surface area contributed by atoms with Gasteiger partial charge in [0.1, 0.15) is 0 Å². The third kappa shape index (κ3) is 1.95. The number of hydrogen-bond acceptors (Lipinski definition) is 2. The van der Waals surface area contributed by atoms with E-state index in [1.807, 2.05) is 6.92 Å². The van der Waals surface area contributed by atoms with Gasteiger partial charge in [-0.25, -0.2) is 0 Å². The Labute approximate surface area is 91.7 Å². The van der Waals surface area contributed by atoms with Gasteiger partial charge in [-0.15, -0.1) is 0 Å². The molecule has 2 unspecified atom stereocenters. The topological polar surface area (TPSA) is 26.3 Å². The van der Waals surface area contributed by atoms with E-state index in [9.17, 15) is 4.79 Å². The quantitative estimate of drug-likeness (QED) is 0.515. The molecule has 1 fully saturated rings. The van der Waals surface area contributed by atoms with E-state index < -0.39 is 0 Å². The van der Waals surface area contributed by atoms with Crippen molar-refractivity contribution >= 4 is 5.97 Å². The van der Waals surface area contributed by atoms with Crippen molar-refractivity contribution in [3.63, 3.8) is 0 Å². The average molecular weight is 208 g/mol. The fourth-order valence-corrected chi connectivity index (χ4v) is 3.06. The van der Waals surface area contributed by atoms with E-state index in [4.69, 9.17) is 4.74 Å². The zero-order valence-electron chi connectivity index (χ0n) is 9.88. The maximum absolute atomic E-state index is 11.7. The van der Waals surface area contributed by atoms with E-state index in [2.05, 4.69) is 19.9 Å². The second-order valence-corrected chi connectivity index (χ2v) is 5.52. The molecule has 0 aromatic carbocycles. The van der Waals surface area contributed by atoms with Gasteiger partial charge in [-0.2, -0.15) is 0 Å². The number of hydrogen-bond donors (Lipinski definition) is 0. The summed E-state index contributed by atoms with van der Waals surface area (Å²) in [5.41, 5.74) is 1.87. The van der Waals surface area contributed by atoms with Crippen LogP contribution in [0.4, 0.5) is 0 Å². The Morgan fingerprint density at radius 2 is 2.33 bits per heavy atom. The minimum absolute atomic E-state index is 0.00597. The number of allylic oxidation sites excluding steroid dienone is 2. The fraction of sp³-hybridized carbons (Fsp3) is 0.769. The molecule has 15 heavy (non-hydrogen) atoms. The molecule has 2 aliphatic rings. The maximum atomic E-state index is 11.7. The highest BCUT2D eigenvalue weighted by atomic mass is 16.5. The second kappa shape index (κ2) is 3.66. The van der Waals surface area contributed by atoms with Crippen LogP contribution in [0.1, 0.15) is 40.0 Å². The van der Waals surface area contributed by atoms with Crippen LogP contribution in [0.3, 0.4) is 0 Å². The number of esters is 1. The van der Waals surface area contributed by atoms with Crippen LogP contribution in [-0.4, -0.2) is 12.6 Å². The van der Waals surface area contributed by atoms with Crippen LogP contribution < -0.4 is 0 Å². The molecule has 0 radical (unpaired) electrons. The standard InChI is InChI=1S/C13H20O2/c1-4-15-12(14)10-6-5-9-7-13(2,3)8-11(9)10/h5,10-11H,4,6-8H2,1-3H3. The smallest absolute Gasteiger partial charge is 0.309 e. The van der Waals surface area contributed by atoms with Gasteiger partial charge in [-0.1, -0.05) is 25.5 Å². The molecule has 84 valence electrons. The molecule has 0 N–H and O–H groups in total. The first kappa shape index (κ1) is 10.7. The van der Waals surface area contributed by atoms with Gasteiger partial charge >= 0.3 is 5.97 Å². The molecule has 2 rings (SSSR count). The summed E-state index contributed by atoms with van der Waals surface area (Å²) in [7, 11) is 0. The van der Waals surface area contributed by atoms with E-state index in [1.165, 1.54) is 5.57 Å². The molecule has 0 spiro atoms. The third-order valence-electron chi connectivity index (χ3n) is 3.64. The molecule has 0 aromatic heterocycles. The maximum Gasteiger partial charge on any atom is 0.309 e. The molecule has 0 heterocycles. The summed E-state index contributed by atoms with van der Waals surface area (Å²) in [6.07, 6.45) is 5.46. The molecule has 0 bridgehead atoms. The number of ether oxygens (including phenoxy) is 1. The highest BCUT2D eigenvalue weighted by Crippen LogP contribution is 2.52. The van der Waals surface area contributed by atoms with Crippen molar-refractivity contribution in [2.45, 2.75) is 40.0 Å². The lowest BCUT2D eigenvalue weighted by molar-refractivity contribution is -0.149. The van der Waals surface area contributed by atoms with E-state index in [0.717, 1.165) is 19.3 Å². The predicted molar refractivity (Wildman–Crippen MR) is 59.3 cm³/mol. The lowest BCUT2D eigenvalue weighted by Gasteiger charge is -2.20. The first-order chi connectivity index (χ1) is 7.03. The number of fused-ring (bicyclic) bond motifs is 1. The van der Waals surface area contributed by atoms with Gasteiger partial charge in [0.25, 0.3) is 0 Å². The van der Waals surface area contributed by atoms with Gasteiger partial charge in [-0.3, -0.25) is 4.79 Å². The molecule has 2 atom stereocenters. The molecule has 0 amide bonds. The number of carbonyl (C=O) groups is 1. The third-order valence-corrected chi connectivity index (χ3v) is 3.64. The first-order valence-corrected chi connectivity index (χ1v) is 5.89. The Hall–Kier alpha value is -0.790. The van der Waals surface area contributed by atoms with Gasteiger partial charge in [0.15, 0.2) is 0 Å². The van der Waals surface area contributed by atoms with Crippen molar-refractivity contribution in [1.82, 2.24) is 0 Å². The molecular formula is C13H20O2. The summed E-state index contributed by atoms with van der Waals surface area (Å²) in [6.45, 7) is 6.95. The zero-order chi connectivity index (χ0) is 11.1. The van der Waals surface area contributed by atoms with E-state index in [-0.39, 0.29) is 11.9 Å². The monoisotopic (exact) mass is 208 g/mol. The molecule has 2 aliphatic carbocycles. The van der Waals surface area contributed by atoms with Gasteiger partial charge in [0.2, 0.25) is 0 Å². The molecule has 0 saturated heterocycles. The van der Waals surface area contributed by atoms with E-state index in [0.29, 0.717) is 17.9 Å². The minimum Gasteiger partial charge on any atom is -0.466 e. The SMILES string of the molecule is CCOC(=O)C1CC=C2CC(C)(C)CC21. The summed E-state index contributed by atoms with van der Waals surface area (Å²) < 4.78 is 5.13. The summed E-state index contributed by atoms with van der Waals surface area (Å²) >= 11 is 0. The normalized spacial score (nSPS) is 32.3. The molecule has 2 nitrogen and oxygen atoms in total. The van der Waals surface area contributed by atoms with Crippen LogP contribution in [0.5, 0.6) is 0 Å². The van der Waals surface area contributed by atoms with Crippen molar-refractivity contribution in [2.24, 2.45) is 17.3 Å². The zero-order valence-corrected chi connectivity index (χ0v) is 9.88. The van der Waals surface area contributed by atoms with Crippen LogP contribution in [0, 0.1) is 17.3 Å². The predicted octanol–water partition coefficient (Wildman–Crippen LogP) is 2.93. The van der Waals surface area contributed by atoms with Crippen LogP contribution in [-0.2, 0) is 9.53 Å². The summed E-state index contributed by atoms with van der Waals surface area (Å²) in [5, 5.41) is 0. The minimum atomic E-state index is 0.00597. The van der Waals surface area contributed by atoms with Gasteiger partial charge in [0.05, 0.1) is 12.5 Å². The van der Waals surface area contributed by atoms with E-state index >= 15 is 0 Å². The molecule has 2 heteroatoms. The van der Waals surface area contributed by atoms with Gasteiger partial charge in [-0.05, 0) is 37.5 Å². The number of rotatable bonds is 2. The molecule has 0 aromatic rings. The van der Waals surface area contributed by atoms with Crippen molar-refractivity contribution in [2.75, 3.05) is 6.61 Å². The van der Waals surface area contributed by atoms with Crippen LogP contribution in [0.25, 0.3) is 0 Å². The van der Waals surface area contributed by atoms with Gasteiger partial charge < -0.3 is 4.74 Å². The molecule has 1 saturated carbocycles. The highest BCUT2D eigenvalue weighted by molar-refractivity contribution is 5.74. The van der Waals surface area contributed by atoms with Crippen LogP contribution in [0.2, 0.25) is 0 Å². The average Bonchev–Trinajstić information content (AvgIpc) is 2.59. The first-order valence-electron chi connectivity index (χ1n) is 5.89. The largest absolute Gasteiger partial charge is 0.466 e. The van der Waals surface area contributed by atoms with Gasteiger partial charge in [0, 0.05) is 0 Å². The van der Waals surface area contributed by atoms with Crippen molar-refractivity contribution < 1.29 is 9.53 Å². The van der Waals surface area contributed by atoms with Crippen molar-refractivity contribution in [3.05, 3.63) is 11.6 Å². The lowest BCUT2D eigenvalue weighted by Crippen LogP contribution is -2.22. The van der Waals surface area contributed by atoms with Crippen molar-refractivity contribution in [1.29, 1.82) is 0 Å². The summed E-state index contributed by atoms with van der Waals surface area (Å²) in [5.74, 6) is 0.590.